The fourth-order valence-electron chi connectivity index (χ4n) is 4.38. The molecule has 0 bridgehead atoms. The van der Waals surface area contributed by atoms with Crippen LogP contribution in [0, 0.1) is 0 Å². The Kier molecular flexibility index (Phi) is 7.07. The predicted octanol–water partition coefficient (Wildman–Crippen LogP) is 5.29. The molecule has 4 aromatic rings. The average molecular weight is 480 g/mol. The molecule has 3 heterocycles. The second-order valence-electron chi connectivity index (χ2n) is 8.93. The highest BCUT2D eigenvalue weighted by atomic mass is 16.2. The van der Waals surface area contributed by atoms with Gasteiger partial charge in [0.25, 0.3) is 11.5 Å². The van der Waals surface area contributed by atoms with E-state index in [0.717, 1.165) is 30.2 Å². The molecule has 3 N–H and O–H groups in total. The van der Waals surface area contributed by atoms with E-state index in [4.69, 9.17) is 0 Å². The lowest BCUT2D eigenvalue weighted by Crippen LogP contribution is -2.29. The topological polar surface area (TPSA) is 90.1 Å². The van der Waals surface area contributed by atoms with Gasteiger partial charge in [0.05, 0.1) is 5.69 Å². The van der Waals surface area contributed by atoms with Gasteiger partial charge in [-0.2, -0.15) is 0 Å². The van der Waals surface area contributed by atoms with Gasteiger partial charge in [0.2, 0.25) is 0 Å². The summed E-state index contributed by atoms with van der Waals surface area (Å²) in [6.07, 6.45) is 5.27. The van der Waals surface area contributed by atoms with Crippen molar-refractivity contribution in [3.05, 3.63) is 107 Å². The Balaban J connectivity index is 1.28. The Morgan fingerprint density at radius 3 is 2.47 bits per heavy atom. The fourth-order valence-corrected chi connectivity index (χ4v) is 4.38. The first kappa shape index (κ1) is 23.4. The first-order valence-corrected chi connectivity index (χ1v) is 12.3. The minimum Gasteiger partial charge on any atom is -0.372 e. The molecule has 1 saturated heterocycles. The Bertz CT molecular complexity index is 1380. The maximum Gasteiger partial charge on any atom is 0.271 e. The summed E-state index contributed by atoms with van der Waals surface area (Å²) in [6, 6.07) is 25.0. The third-order valence-electron chi connectivity index (χ3n) is 6.36. The van der Waals surface area contributed by atoms with Crippen LogP contribution in [0.15, 0.2) is 89.9 Å². The molecule has 7 heteroatoms. The van der Waals surface area contributed by atoms with Crippen molar-refractivity contribution in [3.8, 4) is 11.3 Å². The van der Waals surface area contributed by atoms with Crippen LogP contribution in [-0.2, 0) is 6.54 Å². The van der Waals surface area contributed by atoms with Crippen LogP contribution >= 0.6 is 0 Å². The van der Waals surface area contributed by atoms with Gasteiger partial charge in [0.15, 0.2) is 0 Å². The monoisotopic (exact) mass is 479 g/mol. The molecule has 0 saturated carbocycles. The SMILES string of the molecule is O=C(Nc1cc(-c2cccc(NCc3ccccc3)n2)c[nH]c1=O)c1ccc(N2CCCCC2)cc1. The second kappa shape index (κ2) is 10.9. The van der Waals surface area contributed by atoms with Crippen molar-refractivity contribution < 1.29 is 4.79 Å². The van der Waals surface area contributed by atoms with Gasteiger partial charge >= 0.3 is 0 Å². The van der Waals surface area contributed by atoms with Crippen molar-refractivity contribution in [2.45, 2.75) is 25.8 Å². The molecule has 1 aliphatic heterocycles. The van der Waals surface area contributed by atoms with Gasteiger partial charge in [-0.3, -0.25) is 9.59 Å². The molecule has 5 rings (SSSR count). The molecule has 1 aliphatic rings. The van der Waals surface area contributed by atoms with Gasteiger partial charge in [-0.05, 0) is 67.3 Å². The molecule has 36 heavy (non-hydrogen) atoms. The first-order valence-electron chi connectivity index (χ1n) is 12.3. The maximum absolute atomic E-state index is 12.9. The van der Waals surface area contributed by atoms with Gasteiger partial charge < -0.3 is 20.5 Å². The Morgan fingerprint density at radius 2 is 1.69 bits per heavy atom. The maximum atomic E-state index is 12.9. The number of H-pyrrole nitrogens is 1. The molecule has 7 nitrogen and oxygen atoms in total. The van der Waals surface area contributed by atoms with E-state index in [2.05, 4.69) is 37.6 Å². The van der Waals surface area contributed by atoms with Gasteiger partial charge in [0, 0.05) is 42.6 Å². The zero-order valence-corrected chi connectivity index (χ0v) is 20.0. The standard InChI is InChI=1S/C29H29N5O2/c35-28(22-12-14-24(15-13-22)34-16-5-2-6-17-34)33-26-18-23(20-31-29(26)36)25-10-7-11-27(32-25)30-19-21-8-3-1-4-9-21/h1,3-4,7-15,18,20H,2,5-6,16-17,19H2,(H,30,32)(H,31,36)(H,33,35). The van der Waals surface area contributed by atoms with Crippen molar-refractivity contribution >= 4 is 23.1 Å². The number of aromatic nitrogens is 2. The molecule has 0 atom stereocenters. The Labute approximate surface area is 210 Å². The van der Waals surface area contributed by atoms with E-state index in [-0.39, 0.29) is 17.2 Å². The highest BCUT2D eigenvalue weighted by molar-refractivity contribution is 6.04. The summed E-state index contributed by atoms with van der Waals surface area (Å²) in [6.45, 7) is 2.75. The number of amides is 1. The highest BCUT2D eigenvalue weighted by Crippen LogP contribution is 2.22. The van der Waals surface area contributed by atoms with Crippen LogP contribution in [0.4, 0.5) is 17.2 Å². The van der Waals surface area contributed by atoms with Crippen molar-refractivity contribution in [2.75, 3.05) is 28.6 Å². The van der Waals surface area contributed by atoms with Gasteiger partial charge in [-0.1, -0.05) is 36.4 Å². The summed E-state index contributed by atoms with van der Waals surface area (Å²) in [5, 5.41) is 6.08. The van der Waals surface area contributed by atoms with E-state index >= 15 is 0 Å². The Morgan fingerprint density at radius 1 is 0.917 bits per heavy atom. The number of carbonyl (C=O) groups excluding carboxylic acids is 1. The number of aromatic amines is 1. The zero-order valence-electron chi connectivity index (χ0n) is 20.0. The largest absolute Gasteiger partial charge is 0.372 e. The summed E-state index contributed by atoms with van der Waals surface area (Å²) in [5.41, 5.74) is 3.99. The van der Waals surface area contributed by atoms with Crippen LogP contribution in [0.1, 0.15) is 35.2 Å². The van der Waals surface area contributed by atoms with Gasteiger partial charge in [-0.25, -0.2) is 4.98 Å². The molecule has 1 fully saturated rings. The first-order chi connectivity index (χ1) is 17.7. The zero-order chi connectivity index (χ0) is 24.7. The third-order valence-corrected chi connectivity index (χ3v) is 6.36. The van der Waals surface area contributed by atoms with Crippen LogP contribution in [0.25, 0.3) is 11.3 Å². The van der Waals surface area contributed by atoms with E-state index in [9.17, 15) is 9.59 Å². The number of hydrogen-bond donors (Lipinski definition) is 3. The van der Waals surface area contributed by atoms with Crippen molar-refractivity contribution in [3.63, 3.8) is 0 Å². The molecule has 0 aliphatic carbocycles. The second-order valence-corrected chi connectivity index (χ2v) is 8.93. The summed E-state index contributed by atoms with van der Waals surface area (Å²) in [7, 11) is 0. The Hall–Kier alpha value is -4.39. The van der Waals surface area contributed by atoms with Crippen molar-refractivity contribution in [1.82, 2.24) is 9.97 Å². The molecule has 182 valence electrons. The summed E-state index contributed by atoms with van der Waals surface area (Å²) >= 11 is 0. The minimum atomic E-state index is -0.365. The molecular formula is C29H29N5O2. The van der Waals surface area contributed by atoms with E-state index in [1.807, 2.05) is 48.5 Å². The lowest BCUT2D eigenvalue weighted by Gasteiger charge is -2.28. The van der Waals surface area contributed by atoms with Crippen LogP contribution in [0.5, 0.6) is 0 Å². The number of hydrogen-bond acceptors (Lipinski definition) is 5. The van der Waals surface area contributed by atoms with E-state index in [1.54, 1.807) is 24.4 Å². The molecular weight excluding hydrogens is 450 g/mol. The van der Waals surface area contributed by atoms with Crippen LogP contribution in [0.3, 0.4) is 0 Å². The number of nitrogens with zero attached hydrogens (tertiary/aromatic N) is 2. The average Bonchev–Trinajstić information content (AvgIpc) is 2.94. The van der Waals surface area contributed by atoms with Crippen LogP contribution in [0.2, 0.25) is 0 Å². The van der Waals surface area contributed by atoms with Crippen LogP contribution < -0.4 is 21.1 Å². The molecule has 1 amide bonds. The number of nitrogens with one attached hydrogen (secondary N) is 3. The quantitative estimate of drug-likeness (QED) is 0.335. The minimum absolute atomic E-state index is 0.182. The number of pyridine rings is 2. The fraction of sp³-hybridized carbons (Fsp3) is 0.207. The predicted molar refractivity (Wildman–Crippen MR) is 145 cm³/mol. The summed E-state index contributed by atoms with van der Waals surface area (Å²) in [5.74, 6) is 0.399. The van der Waals surface area contributed by atoms with E-state index in [0.29, 0.717) is 23.4 Å². The lowest BCUT2D eigenvalue weighted by molar-refractivity contribution is 0.102. The van der Waals surface area contributed by atoms with Crippen molar-refractivity contribution in [2.24, 2.45) is 0 Å². The van der Waals surface area contributed by atoms with Gasteiger partial charge in [-0.15, -0.1) is 0 Å². The molecule has 2 aromatic heterocycles. The molecule has 0 unspecified atom stereocenters. The smallest absolute Gasteiger partial charge is 0.271 e. The number of anilines is 3. The summed E-state index contributed by atoms with van der Waals surface area (Å²) < 4.78 is 0. The molecule has 0 radical (unpaired) electrons. The number of rotatable bonds is 7. The molecule has 2 aromatic carbocycles. The van der Waals surface area contributed by atoms with Gasteiger partial charge in [0.1, 0.15) is 11.5 Å². The van der Waals surface area contributed by atoms with Crippen molar-refractivity contribution in [1.29, 1.82) is 0 Å². The van der Waals surface area contributed by atoms with Crippen LogP contribution in [-0.4, -0.2) is 29.0 Å². The molecule has 0 spiro atoms. The van der Waals surface area contributed by atoms with E-state index < -0.39 is 0 Å². The normalized spacial score (nSPS) is 13.3. The lowest BCUT2D eigenvalue weighted by atomic mass is 10.1. The van der Waals surface area contributed by atoms with E-state index in [1.165, 1.54) is 19.3 Å². The number of piperidine rings is 1. The third kappa shape index (κ3) is 5.63. The summed E-state index contributed by atoms with van der Waals surface area (Å²) in [4.78, 5) is 35.0. The number of benzene rings is 2. The highest BCUT2D eigenvalue weighted by Gasteiger charge is 2.14. The number of carbonyl (C=O) groups is 1.